The smallest absolute Gasteiger partial charge is 0.408 e. The summed E-state index contributed by atoms with van der Waals surface area (Å²) in [6.45, 7) is 11.8. The predicted molar refractivity (Wildman–Crippen MR) is 108 cm³/mol. The Balaban J connectivity index is 2.81. The second-order valence-electron chi connectivity index (χ2n) is 8.14. The summed E-state index contributed by atoms with van der Waals surface area (Å²) in [4.78, 5) is 50.5. The van der Waals surface area contributed by atoms with Crippen molar-refractivity contribution in [1.29, 1.82) is 0 Å². The van der Waals surface area contributed by atoms with E-state index in [9.17, 15) is 24.3 Å². The molecule has 1 saturated heterocycles. The van der Waals surface area contributed by atoms with Gasteiger partial charge in [0.1, 0.15) is 24.2 Å². The lowest BCUT2D eigenvalue weighted by atomic mass is 10.0. The molecule has 10 heteroatoms. The Labute approximate surface area is 177 Å². The number of hydrogen-bond acceptors (Lipinski definition) is 7. The standard InChI is InChI=1S/C20H33N3O7/c1-7-12(3)16(18(27)29-8-2)22-17(26)14-9-13(24)11-23(14)15(25)10-21-19(28)30-20(4,5)6/h7,12-14,16,24H,1,8-11H2,2-6H3,(H,21,28)(H,22,26)/t12-,13?,14-,16?/m0/s1. The van der Waals surface area contributed by atoms with E-state index in [1.165, 1.54) is 11.0 Å². The third-order valence-corrected chi connectivity index (χ3v) is 4.42. The molecule has 4 atom stereocenters. The van der Waals surface area contributed by atoms with Gasteiger partial charge in [0, 0.05) is 18.9 Å². The number of β-amino-alcohol motifs (C(OH)–C–C–N with tert-alkyl or cyclic N) is 1. The summed E-state index contributed by atoms with van der Waals surface area (Å²) in [7, 11) is 0. The summed E-state index contributed by atoms with van der Waals surface area (Å²) in [5.74, 6) is -2.16. The maximum absolute atomic E-state index is 12.8. The fourth-order valence-electron chi connectivity index (χ4n) is 2.92. The number of alkyl carbamates (subject to hydrolysis) is 1. The third-order valence-electron chi connectivity index (χ3n) is 4.42. The summed E-state index contributed by atoms with van der Waals surface area (Å²) in [5.41, 5.74) is -0.719. The van der Waals surface area contributed by atoms with Crippen molar-refractivity contribution in [2.75, 3.05) is 19.7 Å². The second-order valence-corrected chi connectivity index (χ2v) is 8.14. The Bertz CT molecular complexity index is 659. The topological polar surface area (TPSA) is 134 Å². The zero-order valence-electron chi connectivity index (χ0n) is 18.3. The average Bonchev–Trinajstić information content (AvgIpc) is 3.04. The van der Waals surface area contributed by atoms with Crippen LogP contribution in [0.3, 0.4) is 0 Å². The number of nitrogens with one attached hydrogen (secondary N) is 2. The van der Waals surface area contributed by atoms with Crippen LogP contribution in [0.25, 0.3) is 0 Å². The molecule has 3 amide bonds. The van der Waals surface area contributed by atoms with Crippen molar-refractivity contribution >= 4 is 23.9 Å². The molecule has 10 nitrogen and oxygen atoms in total. The average molecular weight is 427 g/mol. The molecule has 1 rings (SSSR count). The number of aliphatic hydroxyl groups excluding tert-OH is 1. The summed E-state index contributed by atoms with van der Waals surface area (Å²) in [6.07, 6.45) is -0.135. The first-order valence-corrected chi connectivity index (χ1v) is 9.93. The first-order chi connectivity index (χ1) is 13.9. The number of carbonyl (C=O) groups is 4. The molecule has 1 heterocycles. The first-order valence-electron chi connectivity index (χ1n) is 9.93. The molecule has 0 spiro atoms. The number of rotatable bonds is 8. The number of likely N-dealkylation sites (tertiary alicyclic amines) is 1. The molecule has 0 saturated carbocycles. The van der Waals surface area contributed by atoms with Gasteiger partial charge in [0.05, 0.1) is 12.7 Å². The molecule has 0 aromatic carbocycles. The minimum atomic E-state index is -0.984. The molecule has 2 unspecified atom stereocenters. The molecule has 0 bridgehead atoms. The first kappa shape index (κ1) is 25.4. The van der Waals surface area contributed by atoms with E-state index in [-0.39, 0.29) is 19.6 Å². The number of esters is 1. The zero-order valence-corrected chi connectivity index (χ0v) is 18.3. The molecule has 170 valence electrons. The SMILES string of the molecule is C=C[C@H](C)C(NC(=O)[C@@H]1CC(O)CN1C(=O)CNC(=O)OC(C)(C)C)C(=O)OCC. The van der Waals surface area contributed by atoms with Gasteiger partial charge in [-0.3, -0.25) is 9.59 Å². The van der Waals surface area contributed by atoms with Crippen molar-refractivity contribution in [2.24, 2.45) is 5.92 Å². The summed E-state index contributed by atoms with van der Waals surface area (Å²) < 4.78 is 10.1. The van der Waals surface area contributed by atoms with Crippen LogP contribution in [0.2, 0.25) is 0 Å². The van der Waals surface area contributed by atoms with Crippen LogP contribution < -0.4 is 10.6 Å². The number of nitrogens with zero attached hydrogens (tertiary/aromatic N) is 1. The molecule has 1 aliphatic heterocycles. The van der Waals surface area contributed by atoms with E-state index in [4.69, 9.17) is 9.47 Å². The van der Waals surface area contributed by atoms with E-state index >= 15 is 0 Å². The maximum atomic E-state index is 12.8. The molecular formula is C20H33N3O7. The lowest BCUT2D eigenvalue weighted by Gasteiger charge is -2.27. The highest BCUT2D eigenvalue weighted by Crippen LogP contribution is 2.19. The quantitative estimate of drug-likeness (QED) is 0.376. The molecule has 0 aromatic rings. The Morgan fingerprint density at radius 3 is 2.47 bits per heavy atom. The molecule has 1 aliphatic rings. The van der Waals surface area contributed by atoms with Crippen LogP contribution in [-0.4, -0.2) is 77.4 Å². The number of amides is 3. The van der Waals surface area contributed by atoms with Crippen molar-refractivity contribution in [1.82, 2.24) is 15.5 Å². The predicted octanol–water partition coefficient (Wildman–Crippen LogP) is 0.343. The molecular weight excluding hydrogens is 394 g/mol. The lowest BCUT2D eigenvalue weighted by molar-refractivity contribution is -0.149. The number of carbonyl (C=O) groups excluding carboxylic acids is 4. The van der Waals surface area contributed by atoms with Crippen LogP contribution >= 0.6 is 0 Å². The lowest BCUT2D eigenvalue weighted by Crippen LogP contribution is -2.54. The number of aliphatic hydroxyl groups is 1. The molecule has 0 aliphatic carbocycles. The fraction of sp³-hybridized carbons (Fsp3) is 0.700. The Kier molecular flexibility index (Phi) is 9.28. The van der Waals surface area contributed by atoms with Crippen molar-refractivity contribution in [2.45, 2.75) is 64.8 Å². The molecule has 30 heavy (non-hydrogen) atoms. The molecule has 3 N–H and O–H groups in total. The monoisotopic (exact) mass is 427 g/mol. The summed E-state index contributed by atoms with van der Waals surface area (Å²) in [6, 6.07) is -1.95. The van der Waals surface area contributed by atoms with Gasteiger partial charge < -0.3 is 30.1 Å². The maximum Gasteiger partial charge on any atom is 0.408 e. The normalized spacial score (nSPS) is 20.7. The van der Waals surface area contributed by atoms with Gasteiger partial charge in [0.15, 0.2) is 0 Å². The summed E-state index contributed by atoms with van der Waals surface area (Å²) in [5, 5.41) is 14.9. The van der Waals surface area contributed by atoms with Crippen molar-refractivity contribution in [3.05, 3.63) is 12.7 Å². The van der Waals surface area contributed by atoms with Gasteiger partial charge in [-0.15, -0.1) is 6.58 Å². The third kappa shape index (κ3) is 7.66. The highest BCUT2D eigenvalue weighted by atomic mass is 16.6. The molecule has 0 radical (unpaired) electrons. The fourth-order valence-corrected chi connectivity index (χ4v) is 2.92. The molecule has 0 aromatic heterocycles. The van der Waals surface area contributed by atoms with Crippen molar-refractivity contribution in [3.8, 4) is 0 Å². The van der Waals surface area contributed by atoms with Crippen LogP contribution in [0.15, 0.2) is 12.7 Å². The minimum Gasteiger partial charge on any atom is -0.464 e. The largest absolute Gasteiger partial charge is 0.464 e. The van der Waals surface area contributed by atoms with Gasteiger partial charge in [-0.1, -0.05) is 13.0 Å². The van der Waals surface area contributed by atoms with Gasteiger partial charge in [-0.25, -0.2) is 9.59 Å². The Morgan fingerprint density at radius 2 is 1.93 bits per heavy atom. The Morgan fingerprint density at radius 1 is 1.30 bits per heavy atom. The number of hydrogen-bond donors (Lipinski definition) is 3. The van der Waals surface area contributed by atoms with E-state index in [1.54, 1.807) is 34.6 Å². The van der Waals surface area contributed by atoms with Gasteiger partial charge in [0.2, 0.25) is 11.8 Å². The van der Waals surface area contributed by atoms with Crippen LogP contribution in [0.5, 0.6) is 0 Å². The van der Waals surface area contributed by atoms with Crippen LogP contribution in [0, 0.1) is 5.92 Å². The van der Waals surface area contributed by atoms with Crippen molar-refractivity contribution in [3.63, 3.8) is 0 Å². The second kappa shape index (κ2) is 11.0. The molecule has 1 fully saturated rings. The van der Waals surface area contributed by atoms with E-state index in [0.29, 0.717) is 0 Å². The highest BCUT2D eigenvalue weighted by molar-refractivity contribution is 5.92. The van der Waals surface area contributed by atoms with Gasteiger partial charge in [-0.2, -0.15) is 0 Å². The van der Waals surface area contributed by atoms with Crippen molar-refractivity contribution < 1.29 is 33.8 Å². The highest BCUT2D eigenvalue weighted by Gasteiger charge is 2.40. The van der Waals surface area contributed by atoms with E-state index in [0.717, 1.165) is 0 Å². The van der Waals surface area contributed by atoms with Gasteiger partial charge in [-0.05, 0) is 27.7 Å². The van der Waals surface area contributed by atoms with Crippen LogP contribution in [-0.2, 0) is 23.9 Å². The van der Waals surface area contributed by atoms with E-state index in [1.807, 2.05) is 0 Å². The Hall–Kier alpha value is -2.62. The van der Waals surface area contributed by atoms with Crippen LogP contribution in [0.4, 0.5) is 4.79 Å². The zero-order chi connectivity index (χ0) is 23.1. The van der Waals surface area contributed by atoms with Crippen LogP contribution in [0.1, 0.15) is 41.0 Å². The minimum absolute atomic E-state index is 0.0159. The number of ether oxygens (including phenoxy) is 2. The van der Waals surface area contributed by atoms with E-state index in [2.05, 4.69) is 17.2 Å². The van der Waals surface area contributed by atoms with Gasteiger partial charge >= 0.3 is 12.1 Å². The summed E-state index contributed by atoms with van der Waals surface area (Å²) >= 11 is 0. The van der Waals surface area contributed by atoms with Gasteiger partial charge in [0.25, 0.3) is 0 Å². The van der Waals surface area contributed by atoms with E-state index < -0.39 is 60.1 Å².